The van der Waals surface area contributed by atoms with Gasteiger partial charge in [0.1, 0.15) is 12.7 Å². The maximum Gasteiger partial charge on any atom is 0.407 e. The van der Waals surface area contributed by atoms with Crippen LogP contribution in [0.15, 0.2) is 23.3 Å². The SMILES string of the molecule is COC(=O)NC12CCC(C)(C)CC1C1C[C@@](C)(CC2)C2CC[C@@H]3CC(C=C(C#N)C(=O)[C@@]3(C)COC(C)=O)C(=CC1=O)[C@H]2C. The van der Waals surface area contributed by atoms with E-state index < -0.39 is 23.0 Å². The number of methoxy groups -OCH3 is 1. The third-order valence-corrected chi connectivity index (χ3v) is 12.8. The van der Waals surface area contributed by atoms with E-state index in [1.807, 2.05) is 13.0 Å². The highest BCUT2D eigenvalue weighted by atomic mass is 16.5. The van der Waals surface area contributed by atoms with E-state index in [4.69, 9.17) is 9.47 Å². The Bertz CT molecular complexity index is 1340. The molecule has 0 aliphatic heterocycles. The lowest BCUT2D eigenvalue weighted by molar-refractivity contribution is -0.149. The number of allylic oxidation sites excluding steroid dienone is 4. The number of carbonyl (C=O) groups excluding carboxylic acids is 4. The first-order chi connectivity index (χ1) is 20.6. The number of Topliss-reactive ketones (excluding diaryl/α,β-unsaturated/α-hetero) is 1. The molecule has 0 spiro atoms. The lowest BCUT2D eigenvalue weighted by Crippen LogP contribution is -2.59. The zero-order valence-electron chi connectivity index (χ0n) is 27.6. The van der Waals surface area contributed by atoms with E-state index in [9.17, 15) is 24.4 Å². The van der Waals surface area contributed by atoms with Crippen molar-refractivity contribution >= 4 is 23.6 Å². The van der Waals surface area contributed by atoms with Crippen molar-refractivity contribution in [3.05, 3.63) is 23.3 Å². The normalized spacial score (nSPS) is 41.3. The number of rotatable bonds is 3. The van der Waals surface area contributed by atoms with Crippen molar-refractivity contribution in [3.8, 4) is 6.07 Å². The number of hydrogen-bond donors (Lipinski definition) is 1. The van der Waals surface area contributed by atoms with Crippen LogP contribution < -0.4 is 5.32 Å². The topological polar surface area (TPSA) is 123 Å². The van der Waals surface area contributed by atoms with Crippen molar-refractivity contribution in [1.29, 1.82) is 5.26 Å². The van der Waals surface area contributed by atoms with Crippen LogP contribution in [0.3, 0.4) is 0 Å². The average molecular weight is 607 g/mol. The van der Waals surface area contributed by atoms with E-state index in [0.717, 1.165) is 56.9 Å². The molecule has 3 saturated carbocycles. The lowest BCUT2D eigenvalue weighted by atomic mass is 9.55. The fourth-order valence-corrected chi connectivity index (χ4v) is 10.1. The summed E-state index contributed by atoms with van der Waals surface area (Å²) in [6.45, 7) is 12.2. The summed E-state index contributed by atoms with van der Waals surface area (Å²) in [7, 11) is 1.40. The number of ether oxygens (including phenoxy) is 2. The Balaban J connectivity index is 1.65. The van der Waals surface area contributed by atoms with E-state index in [1.54, 1.807) is 6.08 Å². The van der Waals surface area contributed by atoms with Crippen molar-refractivity contribution < 1.29 is 28.7 Å². The first-order valence-electron chi connectivity index (χ1n) is 16.5. The zero-order valence-corrected chi connectivity index (χ0v) is 27.6. The van der Waals surface area contributed by atoms with Crippen LogP contribution in [0.1, 0.15) is 99.3 Å². The molecular weight excluding hydrogens is 556 g/mol. The van der Waals surface area contributed by atoms with Crippen molar-refractivity contribution in [2.75, 3.05) is 13.7 Å². The molecule has 3 fully saturated rings. The summed E-state index contributed by atoms with van der Waals surface area (Å²) in [5.74, 6) is -0.917. The molecule has 5 aliphatic rings. The summed E-state index contributed by atoms with van der Waals surface area (Å²) in [5, 5.41) is 13.4. The van der Waals surface area contributed by atoms with Crippen LogP contribution in [0.2, 0.25) is 0 Å². The summed E-state index contributed by atoms with van der Waals surface area (Å²) >= 11 is 0. The summed E-state index contributed by atoms with van der Waals surface area (Å²) in [6.07, 6.45) is 10.5. The smallest absolute Gasteiger partial charge is 0.407 e. The van der Waals surface area contributed by atoms with Gasteiger partial charge in [-0.25, -0.2) is 4.79 Å². The van der Waals surface area contributed by atoms with Gasteiger partial charge in [0.2, 0.25) is 0 Å². The van der Waals surface area contributed by atoms with Gasteiger partial charge in [-0.15, -0.1) is 0 Å². The third-order valence-electron chi connectivity index (χ3n) is 12.8. The predicted molar refractivity (Wildman–Crippen MR) is 165 cm³/mol. The minimum atomic E-state index is -1.02. The Labute approximate surface area is 262 Å². The molecule has 8 nitrogen and oxygen atoms in total. The van der Waals surface area contributed by atoms with Crippen LogP contribution >= 0.6 is 0 Å². The summed E-state index contributed by atoms with van der Waals surface area (Å²) in [6, 6.07) is 2.16. The Morgan fingerprint density at radius 2 is 1.75 bits per heavy atom. The van der Waals surface area contributed by atoms with Gasteiger partial charge in [0.05, 0.1) is 18.1 Å². The quantitative estimate of drug-likeness (QED) is 0.364. The van der Waals surface area contributed by atoms with Crippen molar-refractivity contribution in [2.45, 2.75) is 105 Å². The highest BCUT2D eigenvalue weighted by Crippen LogP contribution is 2.61. The van der Waals surface area contributed by atoms with Crippen molar-refractivity contribution in [3.63, 3.8) is 0 Å². The van der Waals surface area contributed by atoms with Crippen molar-refractivity contribution in [1.82, 2.24) is 5.32 Å². The van der Waals surface area contributed by atoms with Gasteiger partial charge in [0, 0.05) is 24.3 Å². The number of esters is 1. The number of nitriles is 1. The van der Waals surface area contributed by atoms with Crippen LogP contribution in [-0.4, -0.2) is 42.9 Å². The van der Waals surface area contributed by atoms with E-state index in [2.05, 4.69) is 39.1 Å². The second kappa shape index (κ2) is 11.4. The zero-order chi connectivity index (χ0) is 32.2. The molecule has 0 radical (unpaired) electrons. The summed E-state index contributed by atoms with van der Waals surface area (Å²) < 4.78 is 10.6. The Kier molecular flexibility index (Phi) is 8.44. The molecule has 5 unspecified atom stereocenters. The van der Waals surface area contributed by atoms with Crippen molar-refractivity contribution in [2.24, 2.45) is 51.8 Å². The van der Waals surface area contributed by atoms with Crippen LogP contribution in [0.25, 0.3) is 0 Å². The monoisotopic (exact) mass is 606 g/mol. The molecule has 6 bridgehead atoms. The highest BCUT2D eigenvalue weighted by Gasteiger charge is 2.58. The minimum absolute atomic E-state index is 0.0186. The number of nitrogens with zero attached hydrogens (tertiary/aromatic N) is 1. The molecule has 8 heteroatoms. The standard InChI is InChI=1S/C36H50N2O6/c1-21-26-16-30(40)27-17-34(5,11-13-36(38-32(42)43-7)12-10-33(3,4)18-29(27)36)28(21)9-8-25-15-23(26)14-24(19-37)31(41)35(25,6)20-44-22(2)39/h14,16,21,23,25,27-29H,8-13,15,17-18,20H2,1-7H3,(H,38,42)/t21-,23?,25-,27?,28?,29?,34-,35+,36?/m1/s1. The average Bonchev–Trinajstić information content (AvgIpc) is 3.15. The summed E-state index contributed by atoms with van der Waals surface area (Å²) in [4.78, 5) is 53.2. The van der Waals surface area contributed by atoms with Gasteiger partial charge in [-0.1, -0.05) is 39.3 Å². The number of ketones is 2. The van der Waals surface area contributed by atoms with Gasteiger partial charge in [-0.2, -0.15) is 5.26 Å². The fraction of sp³-hybridized carbons (Fsp3) is 0.750. The third kappa shape index (κ3) is 5.54. The number of fused-ring (bicyclic) bond motifs is 10. The number of amides is 1. The van der Waals surface area contributed by atoms with Gasteiger partial charge in [0.15, 0.2) is 11.6 Å². The van der Waals surface area contributed by atoms with Gasteiger partial charge in [-0.3, -0.25) is 14.4 Å². The van der Waals surface area contributed by atoms with Crippen LogP contribution in [0.5, 0.6) is 0 Å². The fourth-order valence-electron chi connectivity index (χ4n) is 10.1. The van der Waals surface area contributed by atoms with Gasteiger partial charge < -0.3 is 14.8 Å². The van der Waals surface area contributed by atoms with Gasteiger partial charge in [-0.05, 0) is 105 Å². The molecule has 0 aromatic heterocycles. The summed E-state index contributed by atoms with van der Waals surface area (Å²) in [5.41, 5.74) is -0.554. The van der Waals surface area contributed by atoms with Gasteiger partial charge in [0.25, 0.3) is 0 Å². The first kappa shape index (κ1) is 32.4. The highest BCUT2D eigenvalue weighted by molar-refractivity contribution is 6.04. The molecule has 9 atom stereocenters. The Morgan fingerprint density at radius 1 is 1.05 bits per heavy atom. The molecule has 0 saturated heterocycles. The molecule has 5 aliphatic carbocycles. The van der Waals surface area contributed by atoms with E-state index in [0.29, 0.717) is 6.42 Å². The Hall–Kier alpha value is -2.95. The Morgan fingerprint density at radius 3 is 2.41 bits per heavy atom. The maximum atomic E-state index is 14.6. The molecule has 44 heavy (non-hydrogen) atoms. The van der Waals surface area contributed by atoms with E-state index in [1.165, 1.54) is 14.0 Å². The number of hydrogen-bond acceptors (Lipinski definition) is 7. The molecular formula is C36H50N2O6. The second-order valence-electron chi connectivity index (χ2n) is 16.0. The molecule has 1 N–H and O–H groups in total. The van der Waals surface area contributed by atoms with Crippen LogP contribution in [0, 0.1) is 63.1 Å². The second-order valence-corrected chi connectivity index (χ2v) is 16.0. The lowest BCUT2D eigenvalue weighted by Gasteiger charge is -2.51. The number of alkyl carbamates (subject to hydrolysis) is 1. The molecule has 240 valence electrons. The van der Waals surface area contributed by atoms with Gasteiger partial charge >= 0.3 is 12.1 Å². The van der Waals surface area contributed by atoms with E-state index in [-0.39, 0.29) is 70.1 Å². The number of carbonyl (C=O) groups is 4. The molecule has 0 heterocycles. The first-order valence-corrected chi connectivity index (χ1v) is 16.5. The maximum absolute atomic E-state index is 14.6. The van der Waals surface area contributed by atoms with E-state index >= 15 is 0 Å². The van der Waals surface area contributed by atoms with Crippen LogP contribution in [0.4, 0.5) is 4.79 Å². The predicted octanol–water partition coefficient (Wildman–Crippen LogP) is 6.49. The minimum Gasteiger partial charge on any atom is -0.465 e. The molecule has 5 rings (SSSR count). The van der Waals surface area contributed by atoms with Crippen LogP contribution in [-0.2, 0) is 23.9 Å². The molecule has 0 aromatic rings. The molecule has 1 amide bonds. The number of nitrogens with one attached hydrogen (secondary N) is 1. The largest absolute Gasteiger partial charge is 0.465 e. The molecule has 0 aromatic carbocycles.